The van der Waals surface area contributed by atoms with Gasteiger partial charge in [0.1, 0.15) is 11.5 Å². The largest absolute Gasteiger partial charge is 0.457 e. The predicted molar refractivity (Wildman–Crippen MR) is 131 cm³/mol. The van der Waals surface area contributed by atoms with E-state index in [-0.39, 0.29) is 21.5 Å². The summed E-state index contributed by atoms with van der Waals surface area (Å²) in [4.78, 5) is 0. The molecule has 4 aromatic rings. The van der Waals surface area contributed by atoms with Gasteiger partial charge >= 0.3 is 23.7 Å². The molecule has 11 heteroatoms. The summed E-state index contributed by atoms with van der Waals surface area (Å²) in [6.45, 7) is 0. The molecule has 1 nitrogen and oxygen atoms in total. The molecule has 0 aliphatic rings. The van der Waals surface area contributed by atoms with Gasteiger partial charge in [0.15, 0.2) is 0 Å². The highest BCUT2D eigenvalue weighted by molar-refractivity contribution is 6.30. The molecule has 4 aromatic carbocycles. The Labute approximate surface area is 227 Å². The van der Waals surface area contributed by atoms with Gasteiger partial charge in [0.25, 0.3) is 0 Å². The van der Waals surface area contributed by atoms with Crippen LogP contribution in [0.2, 0.25) is 10.0 Å². The Hall–Kier alpha value is -3.30. The number of hydrogen-bond donors (Lipinski definition) is 0. The van der Waals surface area contributed by atoms with Crippen molar-refractivity contribution in [2.45, 2.75) is 23.7 Å². The summed E-state index contributed by atoms with van der Waals surface area (Å²) in [7, 11) is 0. The van der Waals surface area contributed by atoms with E-state index in [0.717, 1.165) is 84.9 Å². The molecule has 0 saturated carbocycles. The van der Waals surface area contributed by atoms with E-state index in [0.29, 0.717) is 0 Å². The molecule has 0 atom stereocenters. The van der Waals surface area contributed by atoms with Crippen LogP contribution in [0.5, 0.6) is 11.5 Å². The average Bonchev–Trinajstić information content (AvgIpc) is 2.89. The van der Waals surface area contributed by atoms with E-state index < -0.39 is 45.9 Å². The number of ether oxygens (including phenoxy) is 1. The van der Waals surface area contributed by atoms with Crippen molar-refractivity contribution in [2.75, 3.05) is 0 Å². The third-order valence-corrected chi connectivity index (χ3v) is 6.30. The lowest BCUT2D eigenvalue weighted by Gasteiger charge is -2.27. The topological polar surface area (TPSA) is 9.23 Å². The van der Waals surface area contributed by atoms with Crippen LogP contribution in [0, 0.1) is 0 Å². The first kappa shape index (κ1) is 28.7. The van der Waals surface area contributed by atoms with Crippen LogP contribution in [-0.4, -0.2) is 0 Å². The number of rotatable bonds is 8. The Morgan fingerprint density at radius 3 is 1.03 bits per heavy atom. The van der Waals surface area contributed by atoms with E-state index in [1.807, 2.05) is 0 Å². The zero-order valence-corrected chi connectivity index (χ0v) is 20.9. The van der Waals surface area contributed by atoms with Gasteiger partial charge in [-0.2, -0.15) is 35.1 Å². The van der Waals surface area contributed by atoms with E-state index in [1.54, 1.807) is 0 Å². The Bertz CT molecular complexity index is 1340. The molecule has 0 N–H and O–H groups in total. The van der Waals surface area contributed by atoms with E-state index in [4.69, 9.17) is 27.9 Å². The van der Waals surface area contributed by atoms with Crippen molar-refractivity contribution in [2.24, 2.45) is 0 Å². The normalized spacial score (nSPS) is 12.9. The molecule has 0 amide bonds. The molecule has 0 radical (unpaired) electrons. The summed E-state index contributed by atoms with van der Waals surface area (Å²) in [5.74, 6) is -18.6. The Morgan fingerprint density at radius 2 is 0.718 bits per heavy atom. The molecule has 0 aliphatic carbocycles. The monoisotopic (exact) mass is 590 g/mol. The first-order chi connectivity index (χ1) is 18.2. The van der Waals surface area contributed by atoms with Crippen molar-refractivity contribution in [3.8, 4) is 11.5 Å². The predicted octanol–water partition coefficient (Wildman–Crippen LogP) is 10.6. The highest BCUT2D eigenvalue weighted by atomic mass is 35.5. The molecule has 0 unspecified atom stereocenters. The summed E-state index contributed by atoms with van der Waals surface area (Å²) in [5, 5.41) is -0.271. The van der Waals surface area contributed by atoms with Crippen molar-refractivity contribution >= 4 is 23.2 Å². The summed E-state index contributed by atoms with van der Waals surface area (Å²) < 4.78 is 123. The summed E-state index contributed by atoms with van der Waals surface area (Å²) in [6, 6.07) is 14.7. The molecule has 0 aromatic heterocycles. The van der Waals surface area contributed by atoms with Crippen molar-refractivity contribution in [3.05, 3.63) is 129 Å². The molecule has 0 spiro atoms. The molecule has 39 heavy (non-hydrogen) atoms. The Balaban J connectivity index is 1.51. The van der Waals surface area contributed by atoms with Gasteiger partial charge in [0, 0.05) is 32.3 Å². The second-order valence-corrected chi connectivity index (χ2v) is 9.34. The van der Waals surface area contributed by atoms with Gasteiger partial charge in [-0.1, -0.05) is 47.5 Å². The maximum Gasteiger partial charge on any atom is 0.339 e. The fourth-order valence-corrected chi connectivity index (χ4v) is 4.07. The van der Waals surface area contributed by atoms with Crippen LogP contribution in [0.3, 0.4) is 0 Å². The van der Waals surface area contributed by atoms with Crippen molar-refractivity contribution < 1.29 is 39.9 Å². The fourth-order valence-electron chi connectivity index (χ4n) is 3.69. The first-order valence-corrected chi connectivity index (χ1v) is 11.8. The number of hydrogen-bond acceptors (Lipinski definition) is 1. The van der Waals surface area contributed by atoms with Gasteiger partial charge in [0.2, 0.25) is 0 Å². The van der Waals surface area contributed by atoms with Crippen molar-refractivity contribution in [1.29, 1.82) is 0 Å². The third kappa shape index (κ3) is 5.43. The smallest absolute Gasteiger partial charge is 0.339 e. The minimum absolute atomic E-state index is 0.0932. The lowest BCUT2D eigenvalue weighted by molar-refractivity contribution is -0.223. The molecular formula is C28H16Cl2F8O. The standard InChI is InChI=1S/C28H16Cl2F8O/c29-21-5-1-3-19(15-21)27(35,36)25(31,32)17-7-11-23(12-8-17)39-24-13-9-18(10-14-24)26(33,34)28(37,38)20-4-2-6-22(30)16-20/h1-16H. The van der Waals surface area contributed by atoms with E-state index >= 15 is 0 Å². The molecular weight excluding hydrogens is 575 g/mol. The van der Waals surface area contributed by atoms with Crippen LogP contribution in [0.15, 0.2) is 97.1 Å². The zero-order chi connectivity index (χ0) is 28.6. The van der Waals surface area contributed by atoms with Crippen LogP contribution in [0.4, 0.5) is 35.1 Å². The minimum Gasteiger partial charge on any atom is -0.457 e. The van der Waals surface area contributed by atoms with Crippen molar-refractivity contribution in [3.63, 3.8) is 0 Å². The molecule has 0 fully saturated rings. The minimum atomic E-state index is -4.61. The third-order valence-electron chi connectivity index (χ3n) is 5.83. The van der Waals surface area contributed by atoms with Gasteiger partial charge < -0.3 is 4.74 Å². The SMILES string of the molecule is FC(F)(c1ccc(Oc2ccc(C(F)(F)C(F)(F)c3cccc(Cl)c3)cc2)cc1)C(F)(F)c1cccc(Cl)c1. The summed E-state index contributed by atoms with van der Waals surface area (Å²) in [6.07, 6.45) is 0. The fraction of sp³-hybridized carbons (Fsp3) is 0.143. The molecule has 4 rings (SSSR count). The Kier molecular flexibility index (Phi) is 7.62. The number of halogens is 10. The maximum atomic E-state index is 14.7. The number of alkyl halides is 8. The average molecular weight is 591 g/mol. The van der Waals surface area contributed by atoms with Crippen LogP contribution in [0.25, 0.3) is 0 Å². The van der Waals surface area contributed by atoms with Gasteiger partial charge in [-0.25, -0.2) is 0 Å². The van der Waals surface area contributed by atoms with E-state index in [1.165, 1.54) is 12.1 Å². The second kappa shape index (κ2) is 10.4. The first-order valence-electron chi connectivity index (χ1n) is 11.1. The molecule has 204 valence electrons. The van der Waals surface area contributed by atoms with Crippen LogP contribution in [-0.2, 0) is 23.7 Å². The van der Waals surface area contributed by atoms with Gasteiger partial charge in [-0.05, 0) is 72.8 Å². The number of benzene rings is 4. The molecule has 0 saturated heterocycles. The lowest BCUT2D eigenvalue weighted by atomic mass is 9.96. The van der Waals surface area contributed by atoms with Crippen molar-refractivity contribution in [1.82, 2.24) is 0 Å². The van der Waals surface area contributed by atoms with Crippen LogP contribution in [0.1, 0.15) is 22.3 Å². The second-order valence-electron chi connectivity index (χ2n) is 8.47. The highest BCUT2D eigenvalue weighted by Gasteiger charge is 2.59. The quantitative estimate of drug-likeness (QED) is 0.185. The van der Waals surface area contributed by atoms with E-state index in [9.17, 15) is 35.1 Å². The van der Waals surface area contributed by atoms with Crippen LogP contribution >= 0.6 is 23.2 Å². The zero-order valence-electron chi connectivity index (χ0n) is 19.4. The molecule has 0 bridgehead atoms. The Morgan fingerprint density at radius 1 is 0.410 bits per heavy atom. The maximum absolute atomic E-state index is 14.7. The summed E-state index contributed by atoms with van der Waals surface area (Å²) >= 11 is 11.3. The van der Waals surface area contributed by atoms with Gasteiger partial charge in [0.05, 0.1) is 0 Å². The molecule has 0 aliphatic heterocycles. The van der Waals surface area contributed by atoms with Gasteiger partial charge in [-0.3, -0.25) is 0 Å². The highest BCUT2D eigenvalue weighted by Crippen LogP contribution is 2.51. The molecule has 0 heterocycles. The van der Waals surface area contributed by atoms with E-state index in [2.05, 4.69) is 0 Å². The van der Waals surface area contributed by atoms with Gasteiger partial charge in [-0.15, -0.1) is 0 Å². The summed E-state index contributed by atoms with van der Waals surface area (Å²) in [5.41, 5.74) is -3.98. The lowest BCUT2D eigenvalue weighted by Crippen LogP contribution is -2.35. The van der Waals surface area contributed by atoms with Crippen LogP contribution < -0.4 is 4.74 Å².